The predicted octanol–water partition coefficient (Wildman–Crippen LogP) is -0.0291. The van der Waals surface area contributed by atoms with Gasteiger partial charge in [-0.05, 0) is 6.92 Å². The Hall–Kier alpha value is -1.19. The molecule has 0 spiro atoms. The second-order valence-electron chi connectivity index (χ2n) is 0.726. The fourth-order valence-electron chi connectivity index (χ4n) is 0.127. The third-order valence-electron chi connectivity index (χ3n) is 0.256. The van der Waals surface area contributed by atoms with E-state index in [1.807, 2.05) is 6.79 Å². The summed E-state index contributed by atoms with van der Waals surface area (Å²) < 4.78 is 0. The summed E-state index contributed by atoms with van der Waals surface area (Å²) in [4.78, 5) is 20.8. The van der Waals surface area contributed by atoms with Crippen molar-refractivity contribution in [2.24, 2.45) is 10.7 Å². The average molecular weight is 116 g/mol. The van der Waals surface area contributed by atoms with Crippen LogP contribution in [0.5, 0.6) is 0 Å². The average Bonchev–Trinajstić information content (AvgIpc) is 1.72. The molecule has 0 saturated carbocycles. The SMILES string of the molecule is C=O.CC=NC(N)=O. The van der Waals surface area contributed by atoms with E-state index in [4.69, 9.17) is 4.79 Å². The first-order valence-electron chi connectivity index (χ1n) is 1.84. The highest BCUT2D eigenvalue weighted by Crippen LogP contribution is 1.59. The van der Waals surface area contributed by atoms with Crippen LogP contribution in [0, 0.1) is 0 Å². The van der Waals surface area contributed by atoms with Crippen LogP contribution in [0.15, 0.2) is 4.99 Å². The minimum Gasteiger partial charge on any atom is -0.350 e. The van der Waals surface area contributed by atoms with Gasteiger partial charge in [0, 0.05) is 6.21 Å². The molecule has 0 unspecified atom stereocenters. The lowest BCUT2D eigenvalue weighted by Gasteiger charge is -1.70. The first-order chi connectivity index (χ1) is 3.77. The standard InChI is InChI=1S/C3H6N2O.CH2O/c1-2-5-3(4)6;1-2/h2H,1H3,(H2,4,6);1H2. The van der Waals surface area contributed by atoms with Gasteiger partial charge in [-0.1, -0.05) is 0 Å². The molecule has 0 fully saturated rings. The van der Waals surface area contributed by atoms with Gasteiger partial charge in [-0.3, -0.25) is 0 Å². The number of aliphatic imine (C=N–C) groups is 1. The zero-order valence-corrected chi connectivity index (χ0v) is 4.63. The molecular formula is C4H8N2O2. The van der Waals surface area contributed by atoms with Crippen LogP contribution >= 0.6 is 0 Å². The number of nitrogens with zero attached hydrogens (tertiary/aromatic N) is 1. The molecule has 0 radical (unpaired) electrons. The van der Waals surface area contributed by atoms with E-state index in [1.165, 1.54) is 6.21 Å². The minimum absolute atomic E-state index is 0.641. The predicted molar refractivity (Wildman–Crippen MR) is 30.9 cm³/mol. The van der Waals surface area contributed by atoms with Crippen LogP contribution in [-0.2, 0) is 4.79 Å². The Bertz CT molecular complexity index is 90.0. The van der Waals surface area contributed by atoms with Crippen molar-refractivity contribution in [3.63, 3.8) is 0 Å². The fourth-order valence-corrected chi connectivity index (χ4v) is 0.127. The summed E-state index contributed by atoms with van der Waals surface area (Å²) in [6, 6.07) is -0.641. The van der Waals surface area contributed by atoms with Crippen molar-refractivity contribution in [1.29, 1.82) is 0 Å². The second-order valence-corrected chi connectivity index (χ2v) is 0.726. The molecule has 8 heavy (non-hydrogen) atoms. The van der Waals surface area contributed by atoms with Crippen LogP contribution in [0.1, 0.15) is 6.92 Å². The van der Waals surface area contributed by atoms with Crippen molar-refractivity contribution in [3.05, 3.63) is 0 Å². The monoisotopic (exact) mass is 116 g/mol. The van der Waals surface area contributed by atoms with Gasteiger partial charge in [0.1, 0.15) is 6.79 Å². The second kappa shape index (κ2) is 9.26. The fraction of sp³-hybridized carbons (Fsp3) is 0.250. The first-order valence-corrected chi connectivity index (χ1v) is 1.84. The number of nitrogens with two attached hydrogens (primary N) is 1. The van der Waals surface area contributed by atoms with Crippen LogP contribution in [0.3, 0.4) is 0 Å². The van der Waals surface area contributed by atoms with E-state index in [2.05, 4.69) is 10.7 Å². The largest absolute Gasteiger partial charge is 0.350 e. The highest BCUT2D eigenvalue weighted by molar-refractivity contribution is 5.81. The highest BCUT2D eigenvalue weighted by atomic mass is 16.2. The third kappa shape index (κ3) is 21.3. The van der Waals surface area contributed by atoms with Crippen molar-refractivity contribution in [1.82, 2.24) is 0 Å². The lowest BCUT2D eigenvalue weighted by molar-refractivity contribution is -0.0979. The maximum Gasteiger partial charge on any atom is 0.337 e. The highest BCUT2D eigenvalue weighted by Gasteiger charge is 1.74. The summed E-state index contributed by atoms with van der Waals surface area (Å²) in [6.45, 7) is 3.63. The van der Waals surface area contributed by atoms with Crippen molar-refractivity contribution >= 4 is 19.0 Å². The smallest absolute Gasteiger partial charge is 0.337 e. The van der Waals surface area contributed by atoms with Crippen molar-refractivity contribution in [2.75, 3.05) is 0 Å². The van der Waals surface area contributed by atoms with Crippen LogP contribution in [0.4, 0.5) is 4.79 Å². The number of carbonyl (C=O) groups excluding carboxylic acids is 2. The molecule has 0 aromatic heterocycles. The molecule has 0 heterocycles. The van der Waals surface area contributed by atoms with Gasteiger partial charge < -0.3 is 10.5 Å². The summed E-state index contributed by atoms with van der Waals surface area (Å²) in [5.74, 6) is 0. The topological polar surface area (TPSA) is 72.5 Å². The van der Waals surface area contributed by atoms with E-state index in [1.54, 1.807) is 6.92 Å². The zero-order chi connectivity index (χ0) is 6.99. The Labute approximate surface area is 47.4 Å². The van der Waals surface area contributed by atoms with Crippen LogP contribution < -0.4 is 5.73 Å². The van der Waals surface area contributed by atoms with Gasteiger partial charge in [0.2, 0.25) is 0 Å². The number of hydrogen-bond donors (Lipinski definition) is 1. The maximum absolute atomic E-state index is 9.62. The maximum atomic E-state index is 9.62. The molecule has 0 aromatic carbocycles. The molecule has 0 aliphatic rings. The number of carbonyl (C=O) groups is 2. The minimum atomic E-state index is -0.641. The molecule has 4 nitrogen and oxygen atoms in total. The summed E-state index contributed by atoms with van der Waals surface area (Å²) in [7, 11) is 0. The van der Waals surface area contributed by atoms with Crippen molar-refractivity contribution in [3.8, 4) is 0 Å². The third-order valence-corrected chi connectivity index (χ3v) is 0.256. The molecule has 0 atom stereocenters. The summed E-state index contributed by atoms with van der Waals surface area (Å²) >= 11 is 0. The molecule has 0 saturated heterocycles. The Morgan fingerprint density at radius 1 is 1.75 bits per heavy atom. The van der Waals surface area contributed by atoms with Crippen molar-refractivity contribution < 1.29 is 9.59 Å². The molecule has 2 N–H and O–H groups in total. The van der Waals surface area contributed by atoms with Crippen LogP contribution in [-0.4, -0.2) is 19.0 Å². The Kier molecular flexibility index (Phi) is 11.5. The lowest BCUT2D eigenvalue weighted by Crippen LogP contribution is -2.02. The van der Waals surface area contributed by atoms with Crippen LogP contribution in [0.25, 0.3) is 0 Å². The van der Waals surface area contributed by atoms with Gasteiger partial charge in [0.15, 0.2) is 0 Å². The summed E-state index contributed by atoms with van der Waals surface area (Å²) in [6.07, 6.45) is 1.35. The lowest BCUT2D eigenvalue weighted by atomic mass is 10.9. The number of rotatable bonds is 0. The van der Waals surface area contributed by atoms with E-state index in [-0.39, 0.29) is 0 Å². The van der Waals surface area contributed by atoms with E-state index in [0.29, 0.717) is 0 Å². The van der Waals surface area contributed by atoms with Gasteiger partial charge in [-0.15, -0.1) is 0 Å². The number of amides is 2. The Balaban J connectivity index is 0. The molecule has 0 aliphatic heterocycles. The molecule has 4 heteroatoms. The summed E-state index contributed by atoms with van der Waals surface area (Å²) in [5, 5.41) is 0. The molecule has 2 amide bonds. The van der Waals surface area contributed by atoms with Gasteiger partial charge in [0.25, 0.3) is 0 Å². The van der Waals surface area contributed by atoms with E-state index in [9.17, 15) is 4.79 Å². The molecule has 0 aromatic rings. The molecule has 0 rings (SSSR count). The van der Waals surface area contributed by atoms with Crippen molar-refractivity contribution in [2.45, 2.75) is 6.92 Å². The van der Waals surface area contributed by atoms with E-state index < -0.39 is 6.03 Å². The van der Waals surface area contributed by atoms with E-state index in [0.717, 1.165) is 0 Å². The Morgan fingerprint density at radius 2 is 2.12 bits per heavy atom. The van der Waals surface area contributed by atoms with Gasteiger partial charge >= 0.3 is 6.03 Å². The van der Waals surface area contributed by atoms with Gasteiger partial charge in [-0.25, -0.2) is 9.79 Å². The number of hydrogen-bond acceptors (Lipinski definition) is 2. The number of urea groups is 1. The molecule has 0 aliphatic carbocycles. The van der Waals surface area contributed by atoms with Gasteiger partial charge in [-0.2, -0.15) is 0 Å². The molecule has 46 valence electrons. The van der Waals surface area contributed by atoms with Crippen LogP contribution in [0.2, 0.25) is 0 Å². The molecular weight excluding hydrogens is 108 g/mol. The number of primary amides is 1. The normalized spacial score (nSPS) is 7.62. The quantitative estimate of drug-likeness (QED) is 0.451. The Morgan fingerprint density at radius 3 is 2.12 bits per heavy atom. The van der Waals surface area contributed by atoms with E-state index >= 15 is 0 Å². The van der Waals surface area contributed by atoms with Gasteiger partial charge in [0.05, 0.1) is 0 Å². The summed E-state index contributed by atoms with van der Waals surface area (Å²) in [5.41, 5.74) is 4.57. The first kappa shape index (κ1) is 9.94. The molecule has 0 bridgehead atoms. The zero-order valence-electron chi connectivity index (χ0n) is 4.63.